The van der Waals surface area contributed by atoms with E-state index in [-0.39, 0.29) is 19.9 Å². The summed E-state index contributed by atoms with van der Waals surface area (Å²) in [4.78, 5) is 0. The predicted molar refractivity (Wildman–Crippen MR) is 77.3 cm³/mol. The van der Waals surface area contributed by atoms with Crippen molar-refractivity contribution in [3.63, 3.8) is 0 Å². The normalized spacial score (nSPS) is 14.7. The summed E-state index contributed by atoms with van der Waals surface area (Å²) in [6.07, 6.45) is 0.936. The van der Waals surface area contributed by atoms with Crippen molar-refractivity contribution in [3.8, 4) is 11.5 Å². The molecule has 2 unspecified atom stereocenters. The van der Waals surface area contributed by atoms with E-state index < -0.39 is 0 Å². The molecule has 0 fully saturated rings. The van der Waals surface area contributed by atoms with Crippen molar-refractivity contribution in [2.75, 3.05) is 21.0 Å². The first-order chi connectivity index (χ1) is 8.61. The fourth-order valence-electron chi connectivity index (χ4n) is 1.62. The lowest BCUT2D eigenvalue weighted by Crippen LogP contribution is -2.15. The van der Waals surface area contributed by atoms with Crippen LogP contribution in [-0.2, 0) is 9.89 Å². The monoisotopic (exact) mass is 290 g/mol. The van der Waals surface area contributed by atoms with Crippen LogP contribution in [0.1, 0.15) is 25.8 Å². The molecule has 2 atom stereocenters. The lowest BCUT2D eigenvalue weighted by atomic mass is 9.96. The molecule has 0 aliphatic heterocycles. The van der Waals surface area contributed by atoms with Crippen LogP contribution < -0.4 is 9.47 Å². The van der Waals surface area contributed by atoms with Gasteiger partial charge < -0.3 is 14.2 Å². The molecular weight excluding hydrogens is 271 g/mol. The van der Waals surface area contributed by atoms with E-state index in [9.17, 15) is 0 Å². The Labute approximate surface area is 115 Å². The highest BCUT2D eigenvalue weighted by Gasteiger charge is 2.28. The molecule has 1 rings (SSSR count). The van der Waals surface area contributed by atoms with E-state index in [1.165, 1.54) is 0 Å². The molecule has 0 spiro atoms. The van der Waals surface area contributed by atoms with E-state index >= 15 is 0 Å². The summed E-state index contributed by atoms with van der Waals surface area (Å²) in [6.45, 7) is 4.48. The molecular formula is C13H20ClO3P. The zero-order valence-electron chi connectivity index (χ0n) is 11.2. The highest BCUT2D eigenvalue weighted by molar-refractivity contribution is 7.69. The summed E-state index contributed by atoms with van der Waals surface area (Å²) in [6, 6.07) is 5.77. The minimum absolute atomic E-state index is 0.112. The molecule has 0 aliphatic rings. The topological polar surface area (TPSA) is 27.7 Å². The number of ether oxygens (including phenoxy) is 3. The molecule has 0 saturated carbocycles. The third-order valence-electron chi connectivity index (χ3n) is 3.03. The molecule has 18 heavy (non-hydrogen) atoms. The molecule has 0 amide bonds. The van der Waals surface area contributed by atoms with Crippen molar-refractivity contribution in [3.05, 3.63) is 23.8 Å². The Morgan fingerprint density at radius 1 is 1.33 bits per heavy atom. The average molecular weight is 291 g/mol. The smallest absolute Gasteiger partial charge is 0.188 e. The zero-order chi connectivity index (χ0) is 13.6. The maximum absolute atomic E-state index is 6.15. The van der Waals surface area contributed by atoms with Gasteiger partial charge in [-0.15, -0.1) is 0 Å². The Balaban J connectivity index is 3.17. The third kappa shape index (κ3) is 3.50. The van der Waals surface area contributed by atoms with Gasteiger partial charge in [-0.2, -0.15) is 0 Å². The van der Waals surface area contributed by atoms with Crippen molar-refractivity contribution in [2.45, 2.75) is 25.4 Å². The summed E-state index contributed by atoms with van der Waals surface area (Å²) in [5.41, 5.74) is 1.06. The van der Waals surface area contributed by atoms with E-state index in [1.807, 2.05) is 18.2 Å². The van der Waals surface area contributed by atoms with Crippen LogP contribution in [0.15, 0.2) is 18.2 Å². The van der Waals surface area contributed by atoms with Gasteiger partial charge in [-0.05, 0) is 32.6 Å². The SMILES string of the molecule is CCC(C)(PCl)c1cc(OC)ccc1OCOC. The molecule has 102 valence electrons. The van der Waals surface area contributed by atoms with Gasteiger partial charge in [0.1, 0.15) is 11.5 Å². The second-order valence-corrected chi connectivity index (χ2v) is 6.05. The first-order valence-corrected chi connectivity index (χ1v) is 7.80. The van der Waals surface area contributed by atoms with Crippen LogP contribution in [-0.4, -0.2) is 21.0 Å². The molecule has 0 saturated heterocycles. The van der Waals surface area contributed by atoms with Crippen LogP contribution >= 0.6 is 19.2 Å². The Bertz CT molecular complexity index is 380. The van der Waals surface area contributed by atoms with E-state index in [0.717, 1.165) is 23.5 Å². The number of methoxy groups -OCH3 is 2. The second-order valence-electron chi connectivity index (χ2n) is 4.19. The first-order valence-electron chi connectivity index (χ1n) is 5.79. The van der Waals surface area contributed by atoms with Gasteiger partial charge in [0, 0.05) is 17.8 Å². The van der Waals surface area contributed by atoms with Crippen LogP contribution in [0.4, 0.5) is 0 Å². The molecule has 5 heteroatoms. The molecule has 0 bridgehead atoms. The molecule has 0 N–H and O–H groups in total. The van der Waals surface area contributed by atoms with Gasteiger partial charge >= 0.3 is 0 Å². The molecule has 0 aliphatic carbocycles. The minimum atomic E-state index is -0.112. The van der Waals surface area contributed by atoms with Crippen LogP contribution in [0.2, 0.25) is 0 Å². The van der Waals surface area contributed by atoms with Crippen molar-refractivity contribution >= 4 is 19.2 Å². The standard InChI is InChI=1S/C13H20ClO3P/c1-5-13(2,18-14)11-8-10(16-4)6-7-12(11)17-9-15-3/h6-8,18H,5,9H2,1-4H3. The molecule has 0 aromatic heterocycles. The number of hydrogen-bond acceptors (Lipinski definition) is 3. The Morgan fingerprint density at radius 3 is 2.56 bits per heavy atom. The largest absolute Gasteiger partial charge is 0.497 e. The van der Waals surface area contributed by atoms with Gasteiger partial charge in [-0.1, -0.05) is 25.1 Å². The van der Waals surface area contributed by atoms with Gasteiger partial charge in [0.15, 0.2) is 6.79 Å². The molecule has 1 aromatic rings. The number of benzene rings is 1. The molecule has 0 heterocycles. The van der Waals surface area contributed by atoms with E-state index in [4.69, 9.17) is 25.5 Å². The minimum Gasteiger partial charge on any atom is -0.497 e. The summed E-state index contributed by atoms with van der Waals surface area (Å²) >= 11 is 6.15. The van der Waals surface area contributed by atoms with Crippen LogP contribution in [0.25, 0.3) is 0 Å². The van der Waals surface area contributed by atoms with Gasteiger partial charge in [-0.3, -0.25) is 0 Å². The highest BCUT2D eigenvalue weighted by Crippen LogP contribution is 2.50. The van der Waals surface area contributed by atoms with E-state index in [2.05, 4.69) is 13.8 Å². The van der Waals surface area contributed by atoms with E-state index in [0.29, 0.717) is 0 Å². The van der Waals surface area contributed by atoms with Gasteiger partial charge in [0.2, 0.25) is 0 Å². The average Bonchev–Trinajstić information content (AvgIpc) is 2.44. The first kappa shape index (κ1) is 15.6. The lowest BCUT2D eigenvalue weighted by molar-refractivity contribution is 0.0500. The van der Waals surface area contributed by atoms with Crippen molar-refractivity contribution in [2.24, 2.45) is 0 Å². The van der Waals surface area contributed by atoms with Gasteiger partial charge in [0.25, 0.3) is 0 Å². The molecule has 0 radical (unpaired) electrons. The molecule has 1 aromatic carbocycles. The maximum Gasteiger partial charge on any atom is 0.188 e. The third-order valence-corrected chi connectivity index (χ3v) is 5.32. The summed E-state index contributed by atoms with van der Waals surface area (Å²) < 4.78 is 15.8. The Kier molecular flexibility index (Phi) is 6.20. The van der Waals surface area contributed by atoms with E-state index in [1.54, 1.807) is 14.2 Å². The zero-order valence-corrected chi connectivity index (χ0v) is 13.0. The molecule has 3 nitrogen and oxygen atoms in total. The number of rotatable bonds is 7. The highest BCUT2D eigenvalue weighted by atomic mass is 35.7. The Morgan fingerprint density at radius 2 is 2.06 bits per heavy atom. The van der Waals surface area contributed by atoms with Crippen LogP contribution in [0, 0.1) is 0 Å². The lowest BCUT2D eigenvalue weighted by Gasteiger charge is -2.28. The van der Waals surface area contributed by atoms with Crippen molar-refractivity contribution < 1.29 is 14.2 Å². The Hall–Kier alpha value is -0.500. The summed E-state index contributed by atoms with van der Waals surface area (Å²) in [5, 5.41) is -0.112. The number of hydrogen-bond donors (Lipinski definition) is 0. The number of halogens is 1. The fourth-order valence-corrected chi connectivity index (χ4v) is 2.76. The fraction of sp³-hybridized carbons (Fsp3) is 0.538. The van der Waals surface area contributed by atoms with Crippen LogP contribution in [0.3, 0.4) is 0 Å². The summed E-state index contributed by atoms with van der Waals surface area (Å²) in [7, 11) is 3.53. The van der Waals surface area contributed by atoms with Gasteiger partial charge in [0.05, 0.1) is 7.11 Å². The van der Waals surface area contributed by atoms with Crippen molar-refractivity contribution in [1.29, 1.82) is 0 Å². The van der Waals surface area contributed by atoms with Crippen LogP contribution in [0.5, 0.6) is 11.5 Å². The predicted octanol–water partition coefficient (Wildman–Crippen LogP) is 4.14. The van der Waals surface area contributed by atoms with Gasteiger partial charge in [-0.25, -0.2) is 0 Å². The maximum atomic E-state index is 6.15. The summed E-state index contributed by atoms with van der Waals surface area (Å²) in [5.74, 6) is 1.61. The second kappa shape index (κ2) is 7.18. The van der Waals surface area contributed by atoms with Crippen molar-refractivity contribution in [1.82, 2.24) is 0 Å². The quantitative estimate of drug-likeness (QED) is 0.558.